The smallest absolute Gasteiger partial charge is 0.121 e. The fourth-order valence-electron chi connectivity index (χ4n) is 5.71. The van der Waals surface area contributed by atoms with Gasteiger partial charge in [0.25, 0.3) is 0 Å². The van der Waals surface area contributed by atoms with Crippen LogP contribution in [0.1, 0.15) is 30.5 Å². The second-order valence-electron chi connectivity index (χ2n) is 9.26. The molecule has 4 heterocycles. The molecule has 31 heavy (non-hydrogen) atoms. The molecule has 3 aromatic rings. The summed E-state index contributed by atoms with van der Waals surface area (Å²) >= 11 is 0. The highest BCUT2D eigenvalue weighted by atomic mass is 16.5. The van der Waals surface area contributed by atoms with Crippen molar-refractivity contribution in [2.24, 2.45) is 0 Å². The average Bonchev–Trinajstić information content (AvgIpc) is 3.43. The molecule has 3 aliphatic heterocycles. The van der Waals surface area contributed by atoms with Crippen LogP contribution in [0.5, 0.6) is 5.75 Å². The average molecular weight is 416 g/mol. The van der Waals surface area contributed by atoms with Crippen LogP contribution < -0.4 is 10.1 Å². The van der Waals surface area contributed by atoms with Gasteiger partial charge in [-0.25, -0.2) is 0 Å². The SMILES string of the molecule is COc1ccc2c(c1)N[C@]1(COC3(CCN(Cc4ccccc4)CC3)C1)c1cccn1-2. The quantitative estimate of drug-likeness (QED) is 0.681. The van der Waals surface area contributed by atoms with E-state index in [1.54, 1.807) is 7.11 Å². The van der Waals surface area contributed by atoms with E-state index >= 15 is 0 Å². The van der Waals surface area contributed by atoms with Crippen molar-refractivity contribution >= 4 is 5.69 Å². The van der Waals surface area contributed by atoms with Crippen LogP contribution in [0.15, 0.2) is 66.9 Å². The van der Waals surface area contributed by atoms with Crippen molar-refractivity contribution < 1.29 is 9.47 Å². The number of likely N-dealkylation sites (tertiary alicyclic amines) is 1. The predicted molar refractivity (Wildman–Crippen MR) is 122 cm³/mol. The molecule has 0 radical (unpaired) electrons. The van der Waals surface area contributed by atoms with Crippen molar-refractivity contribution in [3.05, 3.63) is 78.1 Å². The van der Waals surface area contributed by atoms with E-state index in [1.807, 2.05) is 6.07 Å². The Labute approximate surface area is 183 Å². The molecular weight excluding hydrogens is 386 g/mol. The van der Waals surface area contributed by atoms with Crippen LogP contribution in [-0.2, 0) is 16.8 Å². The first-order valence-electron chi connectivity index (χ1n) is 11.2. The molecule has 160 valence electrons. The van der Waals surface area contributed by atoms with Gasteiger partial charge >= 0.3 is 0 Å². The predicted octanol–water partition coefficient (Wildman–Crippen LogP) is 4.56. The number of anilines is 1. The van der Waals surface area contributed by atoms with Crippen LogP contribution in [0.2, 0.25) is 0 Å². The number of hydrogen-bond acceptors (Lipinski definition) is 4. The number of methoxy groups -OCH3 is 1. The maximum atomic E-state index is 6.64. The zero-order valence-corrected chi connectivity index (χ0v) is 18.0. The Bertz CT molecular complexity index is 1090. The molecule has 6 rings (SSSR count). The minimum Gasteiger partial charge on any atom is -0.497 e. The number of piperidine rings is 1. The second kappa shape index (κ2) is 7.14. The van der Waals surface area contributed by atoms with Gasteiger partial charge in [-0.2, -0.15) is 0 Å². The van der Waals surface area contributed by atoms with Gasteiger partial charge in [0.1, 0.15) is 11.3 Å². The van der Waals surface area contributed by atoms with Gasteiger partial charge in [0.05, 0.1) is 36.4 Å². The molecule has 2 spiro atoms. The van der Waals surface area contributed by atoms with Crippen molar-refractivity contribution in [1.82, 2.24) is 9.47 Å². The highest BCUT2D eigenvalue weighted by Crippen LogP contribution is 2.50. The lowest BCUT2D eigenvalue weighted by Gasteiger charge is -2.41. The number of nitrogens with zero attached hydrogens (tertiary/aromatic N) is 2. The van der Waals surface area contributed by atoms with Crippen molar-refractivity contribution in [3.63, 3.8) is 0 Å². The van der Waals surface area contributed by atoms with Crippen LogP contribution in [0, 0.1) is 0 Å². The topological polar surface area (TPSA) is 38.7 Å². The number of ether oxygens (including phenoxy) is 2. The summed E-state index contributed by atoms with van der Waals surface area (Å²) in [6, 6.07) is 21.4. The first kappa shape index (κ1) is 19.0. The highest BCUT2D eigenvalue weighted by molar-refractivity contribution is 5.69. The van der Waals surface area contributed by atoms with E-state index in [0.717, 1.165) is 50.3 Å². The van der Waals surface area contributed by atoms with E-state index in [-0.39, 0.29) is 11.1 Å². The van der Waals surface area contributed by atoms with Gasteiger partial charge in [0.15, 0.2) is 0 Å². The summed E-state index contributed by atoms with van der Waals surface area (Å²) in [7, 11) is 1.72. The van der Waals surface area contributed by atoms with Gasteiger partial charge in [0, 0.05) is 38.3 Å². The van der Waals surface area contributed by atoms with Crippen molar-refractivity contribution in [2.75, 3.05) is 32.1 Å². The van der Waals surface area contributed by atoms with Crippen LogP contribution >= 0.6 is 0 Å². The molecule has 0 bridgehead atoms. The van der Waals surface area contributed by atoms with Crippen LogP contribution in [0.25, 0.3) is 5.69 Å². The van der Waals surface area contributed by atoms with Crippen LogP contribution in [0.4, 0.5) is 5.69 Å². The van der Waals surface area contributed by atoms with E-state index in [2.05, 4.69) is 75.6 Å². The molecule has 2 aromatic carbocycles. The largest absolute Gasteiger partial charge is 0.497 e. The minimum atomic E-state index is -0.190. The monoisotopic (exact) mass is 415 g/mol. The summed E-state index contributed by atoms with van der Waals surface area (Å²) in [6.07, 6.45) is 5.32. The van der Waals surface area contributed by atoms with E-state index < -0.39 is 0 Å². The van der Waals surface area contributed by atoms with Gasteiger partial charge in [-0.05, 0) is 42.7 Å². The summed E-state index contributed by atoms with van der Waals surface area (Å²) in [5.41, 5.74) is 4.74. The third-order valence-corrected chi connectivity index (χ3v) is 7.34. The van der Waals surface area contributed by atoms with Crippen molar-refractivity contribution in [1.29, 1.82) is 0 Å². The summed E-state index contributed by atoms with van der Waals surface area (Å²) in [4.78, 5) is 2.56. The lowest BCUT2D eigenvalue weighted by atomic mass is 9.79. The van der Waals surface area contributed by atoms with Gasteiger partial charge in [-0.1, -0.05) is 30.3 Å². The molecule has 0 unspecified atom stereocenters. The normalized spacial score (nSPS) is 24.0. The zero-order valence-electron chi connectivity index (χ0n) is 18.0. The van der Waals surface area contributed by atoms with E-state index in [9.17, 15) is 0 Å². The molecule has 5 nitrogen and oxygen atoms in total. The Balaban J connectivity index is 1.23. The molecule has 0 aliphatic carbocycles. The maximum Gasteiger partial charge on any atom is 0.121 e. The standard InChI is InChI=1S/C26H29N3O2/c1-30-21-9-10-23-22(16-21)27-26(24-8-5-13-29(23)24)18-25(31-19-26)11-14-28(15-12-25)17-20-6-3-2-4-7-20/h2-10,13,16,27H,11-12,14-15,17-19H2,1H3/t26-/m1/s1. The number of fused-ring (bicyclic) bond motifs is 4. The zero-order chi connectivity index (χ0) is 20.9. The summed E-state index contributed by atoms with van der Waals surface area (Å²) < 4.78 is 14.4. The second-order valence-corrected chi connectivity index (χ2v) is 9.26. The molecule has 5 heteroatoms. The number of rotatable bonds is 3. The lowest BCUT2D eigenvalue weighted by Crippen LogP contribution is -2.46. The molecule has 0 amide bonds. The van der Waals surface area contributed by atoms with E-state index in [1.165, 1.54) is 16.9 Å². The summed E-state index contributed by atoms with van der Waals surface area (Å²) in [5, 5.41) is 3.87. The third-order valence-electron chi connectivity index (χ3n) is 7.34. The van der Waals surface area contributed by atoms with Gasteiger partial charge in [0.2, 0.25) is 0 Å². The molecule has 2 fully saturated rings. The fourth-order valence-corrected chi connectivity index (χ4v) is 5.71. The molecule has 2 saturated heterocycles. The van der Waals surface area contributed by atoms with Crippen molar-refractivity contribution in [2.45, 2.75) is 36.9 Å². The first-order chi connectivity index (χ1) is 15.2. The number of nitrogens with one attached hydrogen (secondary N) is 1. The summed E-state index contributed by atoms with van der Waals surface area (Å²) in [6.45, 7) is 3.88. The first-order valence-corrected chi connectivity index (χ1v) is 11.2. The highest BCUT2D eigenvalue weighted by Gasteiger charge is 2.53. The van der Waals surface area contributed by atoms with Crippen LogP contribution in [0.3, 0.4) is 0 Å². The van der Waals surface area contributed by atoms with Crippen LogP contribution in [-0.4, -0.2) is 41.9 Å². The number of aromatic nitrogens is 1. The molecule has 3 aliphatic rings. The fraction of sp³-hybridized carbons (Fsp3) is 0.385. The molecule has 1 N–H and O–H groups in total. The number of hydrogen-bond donors (Lipinski definition) is 1. The molecule has 1 atom stereocenters. The Hall–Kier alpha value is -2.76. The molecular formula is C26H29N3O2. The Morgan fingerprint density at radius 2 is 1.87 bits per heavy atom. The maximum absolute atomic E-state index is 6.64. The van der Waals surface area contributed by atoms with Gasteiger partial charge in [-0.3, -0.25) is 4.90 Å². The Morgan fingerprint density at radius 3 is 2.68 bits per heavy atom. The Kier molecular flexibility index (Phi) is 4.37. The third kappa shape index (κ3) is 3.15. The summed E-state index contributed by atoms with van der Waals surface area (Å²) in [5.74, 6) is 0.875. The van der Waals surface area contributed by atoms with Gasteiger partial charge < -0.3 is 19.4 Å². The Morgan fingerprint density at radius 1 is 1.03 bits per heavy atom. The number of benzene rings is 2. The molecule has 0 saturated carbocycles. The van der Waals surface area contributed by atoms with Crippen molar-refractivity contribution in [3.8, 4) is 11.4 Å². The van der Waals surface area contributed by atoms with Gasteiger partial charge in [-0.15, -0.1) is 0 Å². The minimum absolute atomic E-state index is 0.0499. The molecule has 1 aromatic heterocycles. The van der Waals surface area contributed by atoms with E-state index in [0.29, 0.717) is 6.61 Å². The lowest BCUT2D eigenvalue weighted by molar-refractivity contribution is -0.0451. The van der Waals surface area contributed by atoms with E-state index in [4.69, 9.17) is 9.47 Å².